The van der Waals surface area contributed by atoms with Crippen molar-refractivity contribution in [1.82, 2.24) is 0 Å². The lowest BCUT2D eigenvalue weighted by atomic mass is 9.91. The maximum atomic E-state index is 11.0. The van der Waals surface area contributed by atoms with Crippen LogP contribution in [-0.2, 0) is 0 Å². The van der Waals surface area contributed by atoms with Crippen molar-refractivity contribution in [1.29, 1.82) is 0 Å². The van der Waals surface area contributed by atoms with E-state index in [4.69, 9.17) is 0 Å². The molecule has 4 heteroatoms. The van der Waals surface area contributed by atoms with Gasteiger partial charge >= 0.3 is 8.45 Å². The molecule has 1 heterocycles. The Morgan fingerprint density at radius 1 is 0.615 bits per heavy atom. The van der Waals surface area contributed by atoms with Crippen LogP contribution >= 0.6 is 8.45 Å². The molecule has 0 unspecified atom stereocenters. The third kappa shape index (κ3) is 2.08. The van der Waals surface area contributed by atoms with Crippen LogP contribution in [0.15, 0.2) is 72.8 Å². The number of rotatable bonds is 0. The molecule has 0 fully saturated rings. The van der Waals surface area contributed by atoms with Gasteiger partial charge in [-0.2, -0.15) is 0 Å². The third-order valence-corrected chi connectivity index (χ3v) is 7.07. The summed E-state index contributed by atoms with van der Waals surface area (Å²) in [5.41, 5.74) is 4.58. The minimum atomic E-state index is -1.88. The molecule has 1 N–H and O–H groups in total. The molecule has 0 spiro atoms. The first kappa shape index (κ1) is 15.6. The summed E-state index contributed by atoms with van der Waals surface area (Å²) in [4.78, 5) is 11.0. The van der Waals surface area contributed by atoms with Crippen LogP contribution in [-0.4, -0.2) is 19.0 Å². The van der Waals surface area contributed by atoms with Crippen LogP contribution in [0.25, 0.3) is 32.7 Å². The van der Waals surface area contributed by atoms with Gasteiger partial charge in [-0.15, -0.1) is 0 Å². The normalized spacial score (nSPS) is 14.4. The van der Waals surface area contributed by atoms with Gasteiger partial charge in [0.15, 0.2) is 0 Å². The number of anilines is 2. The lowest BCUT2D eigenvalue weighted by Gasteiger charge is -2.22. The van der Waals surface area contributed by atoms with E-state index in [0.717, 1.165) is 11.4 Å². The van der Waals surface area contributed by atoms with Gasteiger partial charge in [-0.3, -0.25) is 0 Å². The molecule has 128 valence electrons. The van der Waals surface area contributed by atoms with Gasteiger partial charge in [-0.1, -0.05) is 60.7 Å². The van der Waals surface area contributed by atoms with Crippen molar-refractivity contribution in [3.05, 3.63) is 72.8 Å². The van der Waals surface area contributed by atoms with E-state index in [0.29, 0.717) is 0 Å². The highest BCUT2D eigenvalue weighted by molar-refractivity contribution is 7.55. The largest absolute Gasteiger partial charge is 0.316 e. The number of benzene rings is 4. The topological polar surface area (TPSA) is 26.7 Å². The SMILES string of the molecule is CN1c2ccc3ccccc3c2-c2c(ccc3ccccc23)N(C)[PH+]1O. The summed E-state index contributed by atoms with van der Waals surface area (Å²) in [7, 11) is 2.11. The highest BCUT2D eigenvalue weighted by atomic mass is 31.2. The Labute approximate surface area is 154 Å². The lowest BCUT2D eigenvalue weighted by molar-refractivity contribution is 0.619. The van der Waals surface area contributed by atoms with Crippen molar-refractivity contribution in [3.8, 4) is 11.1 Å². The predicted molar refractivity (Wildman–Crippen MR) is 114 cm³/mol. The first-order valence-electron chi connectivity index (χ1n) is 8.74. The second-order valence-electron chi connectivity index (χ2n) is 6.78. The van der Waals surface area contributed by atoms with Gasteiger partial charge in [0, 0.05) is 25.2 Å². The Morgan fingerprint density at radius 2 is 1.04 bits per heavy atom. The van der Waals surface area contributed by atoms with Crippen molar-refractivity contribution in [2.75, 3.05) is 23.4 Å². The Hall–Kier alpha value is -2.61. The molecule has 1 aliphatic heterocycles. The van der Waals surface area contributed by atoms with Gasteiger partial charge in [0.1, 0.15) is 0 Å². The highest BCUT2D eigenvalue weighted by Gasteiger charge is 2.35. The van der Waals surface area contributed by atoms with E-state index in [1.165, 1.54) is 32.7 Å². The summed E-state index contributed by atoms with van der Waals surface area (Å²) in [6, 6.07) is 25.6. The molecule has 0 amide bonds. The van der Waals surface area contributed by atoms with E-state index >= 15 is 0 Å². The first-order valence-corrected chi connectivity index (χ1v) is 10.1. The zero-order valence-corrected chi connectivity index (χ0v) is 15.8. The first-order chi connectivity index (χ1) is 12.7. The number of hydrogen-bond donors (Lipinski definition) is 1. The predicted octanol–water partition coefficient (Wildman–Crippen LogP) is 5.50. The van der Waals surface area contributed by atoms with Gasteiger partial charge in [0.25, 0.3) is 0 Å². The molecule has 26 heavy (non-hydrogen) atoms. The minimum absolute atomic E-state index is 1.09. The molecule has 0 saturated carbocycles. The average Bonchev–Trinajstić information content (AvgIpc) is 2.77. The fourth-order valence-electron chi connectivity index (χ4n) is 4.05. The van der Waals surface area contributed by atoms with Crippen LogP contribution in [0.3, 0.4) is 0 Å². The van der Waals surface area contributed by atoms with Crippen molar-refractivity contribution < 1.29 is 4.89 Å². The summed E-state index contributed by atoms with van der Waals surface area (Å²) < 4.78 is 4.09. The molecular weight excluding hydrogens is 339 g/mol. The molecule has 0 aromatic heterocycles. The molecule has 4 aromatic carbocycles. The van der Waals surface area contributed by atoms with Crippen LogP contribution in [0.1, 0.15) is 0 Å². The molecule has 0 bridgehead atoms. The molecule has 0 aliphatic carbocycles. The van der Waals surface area contributed by atoms with Gasteiger partial charge in [-0.25, -0.2) is 14.2 Å². The average molecular weight is 359 g/mol. The molecule has 1 aliphatic rings. The molecule has 5 rings (SSSR count). The maximum Gasteiger partial charge on any atom is 0.316 e. The molecule has 0 atom stereocenters. The Kier molecular flexibility index (Phi) is 3.43. The monoisotopic (exact) mass is 359 g/mol. The number of hydrogen-bond acceptors (Lipinski definition) is 3. The van der Waals surface area contributed by atoms with Crippen LogP contribution < -0.4 is 9.34 Å². The summed E-state index contributed by atoms with van der Waals surface area (Å²) >= 11 is 0. The summed E-state index contributed by atoms with van der Waals surface area (Å²) in [5.74, 6) is 0. The van der Waals surface area contributed by atoms with E-state index in [-0.39, 0.29) is 0 Å². The molecule has 4 aromatic rings. The third-order valence-electron chi connectivity index (χ3n) is 5.39. The minimum Gasteiger partial charge on any atom is -0.208 e. The quantitative estimate of drug-likeness (QED) is 0.420. The summed E-state index contributed by atoms with van der Waals surface area (Å²) in [6.07, 6.45) is 0. The van der Waals surface area contributed by atoms with E-state index in [9.17, 15) is 4.89 Å². The van der Waals surface area contributed by atoms with Crippen molar-refractivity contribution in [3.63, 3.8) is 0 Å². The smallest absolute Gasteiger partial charge is 0.208 e. The fourth-order valence-corrected chi connectivity index (χ4v) is 5.30. The van der Waals surface area contributed by atoms with Gasteiger partial charge in [-0.05, 0) is 33.7 Å². The van der Waals surface area contributed by atoms with Crippen LogP contribution in [0.4, 0.5) is 11.4 Å². The van der Waals surface area contributed by atoms with Crippen molar-refractivity contribution in [2.24, 2.45) is 0 Å². The highest BCUT2D eigenvalue weighted by Crippen LogP contribution is 2.56. The zero-order chi connectivity index (χ0) is 17.8. The van der Waals surface area contributed by atoms with Gasteiger partial charge < -0.3 is 0 Å². The molecule has 0 radical (unpaired) electrons. The van der Waals surface area contributed by atoms with Crippen LogP contribution in [0.2, 0.25) is 0 Å². The summed E-state index contributed by atoms with van der Waals surface area (Å²) in [5, 5.41) is 4.88. The van der Waals surface area contributed by atoms with E-state index in [2.05, 4.69) is 72.8 Å². The standard InChI is InChI=1S/C22H19N2OP/c1-23-19-13-11-15-7-3-5-9-17(15)21(19)22-18-10-6-4-8-16(18)12-14-20(22)24(2)26(23)25/h3-14,25H,1-2H3/p+1. The Morgan fingerprint density at radius 3 is 1.50 bits per heavy atom. The maximum absolute atomic E-state index is 11.0. The second-order valence-corrected chi connectivity index (χ2v) is 8.72. The lowest BCUT2D eigenvalue weighted by Crippen LogP contribution is -2.20. The number of fused-ring (bicyclic) bond motifs is 7. The zero-order valence-electron chi connectivity index (χ0n) is 14.8. The van der Waals surface area contributed by atoms with Crippen LogP contribution in [0, 0.1) is 0 Å². The van der Waals surface area contributed by atoms with E-state index in [1.54, 1.807) is 0 Å². The molecule has 3 nitrogen and oxygen atoms in total. The molecule has 0 saturated heterocycles. The molecular formula is C22H20N2OP+. The van der Waals surface area contributed by atoms with Gasteiger partial charge in [0.2, 0.25) is 0 Å². The number of nitrogens with zero attached hydrogens (tertiary/aromatic N) is 2. The van der Waals surface area contributed by atoms with Crippen molar-refractivity contribution >= 4 is 41.4 Å². The van der Waals surface area contributed by atoms with Crippen LogP contribution in [0.5, 0.6) is 0 Å². The van der Waals surface area contributed by atoms with E-state index in [1.807, 2.05) is 23.4 Å². The Balaban J connectivity index is 2.03. The van der Waals surface area contributed by atoms with Crippen molar-refractivity contribution in [2.45, 2.75) is 0 Å². The van der Waals surface area contributed by atoms with E-state index < -0.39 is 8.45 Å². The second kappa shape index (κ2) is 5.70. The Bertz CT molecular complexity index is 1070. The summed E-state index contributed by atoms with van der Waals surface area (Å²) in [6.45, 7) is 0. The van der Waals surface area contributed by atoms with Gasteiger partial charge in [0.05, 0.1) is 11.4 Å². The fraction of sp³-hybridized carbons (Fsp3) is 0.0909.